The molecule has 33 heavy (non-hydrogen) atoms. The van der Waals surface area contributed by atoms with Gasteiger partial charge in [0.05, 0.1) is 16.8 Å². The molecule has 4 rings (SSSR count). The Kier molecular flexibility index (Phi) is 5.22. The number of fused-ring (bicyclic) bond motifs is 1. The van der Waals surface area contributed by atoms with E-state index in [9.17, 15) is 18.0 Å². The lowest BCUT2D eigenvalue weighted by atomic mass is 9.90. The van der Waals surface area contributed by atoms with Crippen molar-refractivity contribution in [2.24, 2.45) is 7.05 Å². The molecule has 174 valence electrons. The molecule has 0 saturated carbocycles. The number of hydrogen-bond acceptors (Lipinski definition) is 3. The maximum atomic E-state index is 15.5. The van der Waals surface area contributed by atoms with E-state index < -0.39 is 45.9 Å². The molecule has 0 bridgehead atoms. The van der Waals surface area contributed by atoms with Gasteiger partial charge in [0.1, 0.15) is 6.33 Å². The first-order valence-corrected chi connectivity index (χ1v) is 10.1. The topological polar surface area (TPSA) is 57.1 Å². The van der Waals surface area contributed by atoms with Crippen LogP contribution in [0, 0.1) is 0 Å². The average molecular weight is 534 g/mol. The fourth-order valence-corrected chi connectivity index (χ4v) is 3.91. The third-order valence-electron chi connectivity index (χ3n) is 5.29. The minimum Gasteiger partial charge on any atom is -0.316 e. The summed E-state index contributed by atoms with van der Waals surface area (Å²) in [6, 6.07) is 5.41. The monoisotopic (exact) mass is 533 g/mol. The van der Waals surface area contributed by atoms with E-state index in [4.69, 9.17) is 0 Å². The van der Waals surface area contributed by atoms with Gasteiger partial charge in [-0.05, 0) is 46.6 Å². The van der Waals surface area contributed by atoms with Crippen molar-refractivity contribution in [3.63, 3.8) is 0 Å². The third-order valence-corrected chi connectivity index (χ3v) is 5.72. The van der Waals surface area contributed by atoms with Crippen LogP contribution in [-0.4, -0.2) is 23.7 Å². The van der Waals surface area contributed by atoms with E-state index in [1.54, 1.807) is 0 Å². The Morgan fingerprint density at radius 1 is 1.03 bits per heavy atom. The van der Waals surface area contributed by atoms with Crippen molar-refractivity contribution in [3.05, 3.63) is 81.0 Å². The fourth-order valence-electron chi connectivity index (χ4n) is 3.47. The zero-order chi connectivity index (χ0) is 24.3. The molecular formula is C20H14BrF6N5O. The van der Waals surface area contributed by atoms with Crippen molar-refractivity contribution < 1.29 is 26.3 Å². The first kappa shape index (κ1) is 23.1. The molecule has 0 aliphatic carbocycles. The molecule has 0 fully saturated rings. The molecule has 1 atom stereocenters. The Morgan fingerprint density at radius 3 is 2.33 bits per heavy atom. The zero-order valence-electron chi connectivity index (χ0n) is 16.9. The standard InChI is InChI=1S/C20H14BrF6N5O/c1-18(22,19(23,24)16-29-28-10-30(16)2)11-4-3-5-13(6-11)31-9-15-14(20(25,26)27)7-12(21)8-32(15)17(31)33/h3-10H,1-2H3. The lowest BCUT2D eigenvalue weighted by Gasteiger charge is -2.29. The Morgan fingerprint density at radius 2 is 1.73 bits per heavy atom. The molecule has 0 aliphatic heterocycles. The van der Waals surface area contributed by atoms with Crippen molar-refractivity contribution in [3.8, 4) is 5.69 Å². The molecule has 0 spiro atoms. The average Bonchev–Trinajstić information content (AvgIpc) is 3.30. The maximum Gasteiger partial charge on any atom is 0.418 e. The minimum atomic E-state index is -4.76. The Bertz CT molecular complexity index is 1420. The van der Waals surface area contributed by atoms with Gasteiger partial charge >= 0.3 is 17.8 Å². The second-order valence-electron chi connectivity index (χ2n) is 7.50. The van der Waals surface area contributed by atoms with E-state index in [0.717, 1.165) is 50.5 Å². The number of rotatable bonds is 4. The summed E-state index contributed by atoms with van der Waals surface area (Å²) < 4.78 is 88.5. The summed E-state index contributed by atoms with van der Waals surface area (Å²) in [6.45, 7) is 0.651. The van der Waals surface area contributed by atoms with Gasteiger partial charge in [-0.3, -0.25) is 8.97 Å². The number of nitrogens with zero attached hydrogens (tertiary/aromatic N) is 5. The highest BCUT2D eigenvalue weighted by Crippen LogP contribution is 2.47. The second-order valence-corrected chi connectivity index (χ2v) is 8.42. The van der Waals surface area contributed by atoms with Crippen molar-refractivity contribution in [2.75, 3.05) is 0 Å². The zero-order valence-corrected chi connectivity index (χ0v) is 18.5. The van der Waals surface area contributed by atoms with Crippen LogP contribution in [0.3, 0.4) is 0 Å². The summed E-state index contributed by atoms with van der Waals surface area (Å²) in [5, 5.41) is 6.65. The van der Waals surface area contributed by atoms with Crippen molar-refractivity contribution in [1.82, 2.24) is 23.7 Å². The van der Waals surface area contributed by atoms with Crippen molar-refractivity contribution >= 4 is 21.4 Å². The quantitative estimate of drug-likeness (QED) is 0.348. The van der Waals surface area contributed by atoms with Gasteiger partial charge in [0, 0.05) is 23.9 Å². The van der Waals surface area contributed by atoms with Crippen molar-refractivity contribution in [2.45, 2.75) is 24.7 Å². The van der Waals surface area contributed by atoms with E-state index >= 15 is 13.2 Å². The summed E-state index contributed by atoms with van der Waals surface area (Å²) in [7, 11) is 1.23. The van der Waals surface area contributed by atoms with Crippen LogP contribution in [-0.2, 0) is 24.8 Å². The van der Waals surface area contributed by atoms with Gasteiger partial charge in [0.15, 0.2) is 0 Å². The van der Waals surface area contributed by atoms with Crippen LogP contribution < -0.4 is 5.69 Å². The van der Waals surface area contributed by atoms with Gasteiger partial charge in [-0.1, -0.05) is 12.1 Å². The maximum absolute atomic E-state index is 15.5. The van der Waals surface area contributed by atoms with Crippen LogP contribution in [0.1, 0.15) is 23.9 Å². The van der Waals surface area contributed by atoms with E-state index in [-0.39, 0.29) is 10.2 Å². The summed E-state index contributed by atoms with van der Waals surface area (Å²) in [5.74, 6) is -5.02. The number of benzene rings is 1. The number of pyridine rings is 1. The highest BCUT2D eigenvalue weighted by Gasteiger charge is 2.56. The number of imidazole rings is 1. The molecule has 1 aromatic carbocycles. The molecule has 0 radical (unpaired) electrons. The molecule has 4 aromatic rings. The van der Waals surface area contributed by atoms with E-state index in [0.29, 0.717) is 6.92 Å². The van der Waals surface area contributed by atoms with E-state index in [1.807, 2.05) is 0 Å². The fraction of sp³-hybridized carbons (Fsp3) is 0.250. The molecule has 3 aromatic heterocycles. The summed E-state index contributed by atoms with van der Waals surface area (Å²) in [5.41, 5.74) is -6.31. The molecule has 0 N–H and O–H groups in total. The number of aryl methyl sites for hydroxylation is 1. The third kappa shape index (κ3) is 3.63. The molecule has 6 nitrogen and oxygen atoms in total. The van der Waals surface area contributed by atoms with Gasteiger partial charge in [-0.25, -0.2) is 9.18 Å². The Balaban J connectivity index is 1.88. The largest absolute Gasteiger partial charge is 0.418 e. The normalized spacial score (nSPS) is 14.6. The minimum absolute atomic E-state index is 0.00979. The van der Waals surface area contributed by atoms with Gasteiger partial charge in [-0.15, -0.1) is 10.2 Å². The first-order valence-electron chi connectivity index (χ1n) is 9.27. The molecule has 13 heteroatoms. The lowest BCUT2D eigenvalue weighted by molar-refractivity contribution is -0.149. The first-order chi connectivity index (χ1) is 15.2. The van der Waals surface area contributed by atoms with Crippen molar-refractivity contribution in [1.29, 1.82) is 0 Å². The summed E-state index contributed by atoms with van der Waals surface area (Å²) in [6.07, 6.45) is -1.69. The predicted octanol–water partition coefficient (Wildman–Crippen LogP) is 4.98. The second kappa shape index (κ2) is 7.47. The van der Waals surface area contributed by atoms with Crippen LogP contribution >= 0.6 is 15.9 Å². The van der Waals surface area contributed by atoms with Crippen LogP contribution in [0.2, 0.25) is 0 Å². The Hall–Kier alpha value is -3.09. The Labute approximate surface area is 190 Å². The highest BCUT2D eigenvalue weighted by molar-refractivity contribution is 9.10. The molecule has 1 unspecified atom stereocenters. The number of hydrogen-bond donors (Lipinski definition) is 0. The molecule has 0 aliphatic rings. The number of alkyl halides is 6. The predicted molar refractivity (Wildman–Crippen MR) is 109 cm³/mol. The van der Waals surface area contributed by atoms with Gasteiger partial charge in [0.2, 0.25) is 11.5 Å². The number of halogens is 7. The van der Waals surface area contributed by atoms with E-state index in [1.165, 1.54) is 19.2 Å². The SMILES string of the molecule is Cn1cnnc1C(F)(F)C(C)(F)c1cccc(-n2cc3c(C(F)(F)F)cc(Br)cn3c2=O)c1. The molecule has 0 saturated heterocycles. The highest BCUT2D eigenvalue weighted by atomic mass is 79.9. The van der Waals surface area contributed by atoms with Gasteiger partial charge < -0.3 is 4.57 Å². The van der Waals surface area contributed by atoms with Gasteiger partial charge in [-0.2, -0.15) is 22.0 Å². The smallest absolute Gasteiger partial charge is 0.316 e. The van der Waals surface area contributed by atoms with E-state index in [2.05, 4.69) is 26.1 Å². The summed E-state index contributed by atoms with van der Waals surface area (Å²) >= 11 is 2.94. The van der Waals surface area contributed by atoms with Crippen LogP contribution in [0.4, 0.5) is 26.3 Å². The molecular weight excluding hydrogens is 520 g/mol. The molecule has 0 amide bonds. The lowest BCUT2D eigenvalue weighted by Crippen LogP contribution is -2.39. The molecule has 3 heterocycles. The van der Waals surface area contributed by atoms with Crippen LogP contribution in [0.5, 0.6) is 0 Å². The summed E-state index contributed by atoms with van der Waals surface area (Å²) in [4.78, 5) is 12.8. The van der Waals surface area contributed by atoms with Crippen LogP contribution in [0.15, 0.2) is 58.3 Å². The number of aromatic nitrogens is 5. The van der Waals surface area contributed by atoms with Gasteiger partial charge in [0.25, 0.3) is 0 Å². The van der Waals surface area contributed by atoms with Crippen LogP contribution in [0.25, 0.3) is 11.2 Å².